The molecule has 1 fully saturated rings. The van der Waals surface area contributed by atoms with Gasteiger partial charge in [-0.15, -0.1) is 0 Å². The van der Waals surface area contributed by atoms with Gasteiger partial charge in [0.1, 0.15) is 23.7 Å². The maximum atomic E-state index is 6.17. The number of aromatic nitrogens is 3. The van der Waals surface area contributed by atoms with Gasteiger partial charge in [-0.25, -0.2) is 9.50 Å². The fourth-order valence-electron chi connectivity index (χ4n) is 2.90. The lowest BCUT2D eigenvalue weighted by molar-refractivity contribution is 0.0253. The molecule has 0 amide bonds. The Morgan fingerprint density at radius 1 is 1.44 bits per heavy atom. The van der Waals surface area contributed by atoms with Crippen molar-refractivity contribution in [2.24, 2.45) is 0 Å². The van der Waals surface area contributed by atoms with Crippen molar-refractivity contribution in [1.29, 1.82) is 0 Å². The first-order chi connectivity index (χ1) is 12.2. The van der Waals surface area contributed by atoms with Crippen LogP contribution in [-0.2, 0) is 4.74 Å². The molecule has 3 heterocycles. The molecule has 0 aromatic carbocycles. The zero-order valence-electron chi connectivity index (χ0n) is 14.6. The van der Waals surface area contributed by atoms with Crippen LogP contribution in [0.1, 0.15) is 18.4 Å². The number of rotatable bonds is 7. The standard InChI is InChI=1S/C19H24N4O2/c1-4-6-15(5-2)11-20-19-18-14(3)17(12-23(18)22-13-21-19)25-16-7-9-24-10-8-16/h4-6,12-13,16H,1-2,7-11H2,3H3,(H,20,21,22)/b15-6+. The van der Waals surface area contributed by atoms with E-state index >= 15 is 0 Å². The van der Waals surface area contributed by atoms with Crippen LogP contribution >= 0.6 is 0 Å². The van der Waals surface area contributed by atoms with E-state index in [1.54, 1.807) is 12.2 Å². The first kappa shape index (κ1) is 17.2. The lowest BCUT2D eigenvalue weighted by Gasteiger charge is -2.23. The van der Waals surface area contributed by atoms with E-state index in [0.29, 0.717) is 6.54 Å². The minimum atomic E-state index is 0.192. The Balaban J connectivity index is 1.83. The molecule has 25 heavy (non-hydrogen) atoms. The minimum Gasteiger partial charge on any atom is -0.488 e. The number of anilines is 1. The van der Waals surface area contributed by atoms with Crippen LogP contribution in [0.25, 0.3) is 5.52 Å². The number of ether oxygens (including phenoxy) is 2. The van der Waals surface area contributed by atoms with Crippen molar-refractivity contribution >= 4 is 11.3 Å². The van der Waals surface area contributed by atoms with Crippen LogP contribution in [0.5, 0.6) is 5.75 Å². The molecule has 1 N–H and O–H groups in total. The van der Waals surface area contributed by atoms with E-state index in [-0.39, 0.29) is 6.10 Å². The Kier molecular flexibility index (Phi) is 5.50. The molecule has 2 aromatic heterocycles. The van der Waals surface area contributed by atoms with E-state index in [9.17, 15) is 0 Å². The van der Waals surface area contributed by atoms with Gasteiger partial charge in [-0.05, 0) is 12.5 Å². The van der Waals surface area contributed by atoms with Crippen LogP contribution in [0, 0.1) is 6.92 Å². The van der Waals surface area contributed by atoms with E-state index in [2.05, 4.69) is 28.6 Å². The molecule has 0 spiro atoms. The topological polar surface area (TPSA) is 60.7 Å². The smallest absolute Gasteiger partial charge is 0.154 e. The molecule has 1 aliphatic rings. The molecule has 6 heteroatoms. The van der Waals surface area contributed by atoms with Gasteiger partial charge in [0.05, 0.1) is 19.4 Å². The third-order valence-corrected chi connectivity index (χ3v) is 4.30. The number of fused-ring (bicyclic) bond motifs is 1. The fourth-order valence-corrected chi connectivity index (χ4v) is 2.90. The predicted octanol–water partition coefficient (Wildman–Crippen LogP) is 3.31. The van der Waals surface area contributed by atoms with Crippen LogP contribution in [-0.4, -0.2) is 40.5 Å². The highest BCUT2D eigenvalue weighted by molar-refractivity contribution is 5.75. The van der Waals surface area contributed by atoms with Crippen LogP contribution in [0.15, 0.2) is 49.5 Å². The molecule has 1 saturated heterocycles. The summed E-state index contributed by atoms with van der Waals surface area (Å²) in [6, 6.07) is 0. The SMILES string of the molecule is C=C/C=C(\C=C)CNc1ncnn2cc(OC3CCOCC3)c(C)c12. The second kappa shape index (κ2) is 7.98. The summed E-state index contributed by atoms with van der Waals surface area (Å²) in [5.74, 6) is 1.62. The number of nitrogens with zero attached hydrogens (tertiary/aromatic N) is 3. The zero-order valence-corrected chi connectivity index (χ0v) is 14.6. The van der Waals surface area contributed by atoms with E-state index in [1.807, 2.05) is 23.7 Å². The van der Waals surface area contributed by atoms with Crippen molar-refractivity contribution in [3.05, 3.63) is 55.0 Å². The number of allylic oxidation sites excluding steroid dienone is 2. The Hall–Kier alpha value is -2.60. The summed E-state index contributed by atoms with van der Waals surface area (Å²) in [7, 11) is 0. The lowest BCUT2D eigenvalue weighted by atomic mass is 10.1. The van der Waals surface area contributed by atoms with Crippen LogP contribution in [0.2, 0.25) is 0 Å². The van der Waals surface area contributed by atoms with Gasteiger partial charge >= 0.3 is 0 Å². The normalized spacial score (nSPS) is 16.0. The maximum Gasteiger partial charge on any atom is 0.154 e. The minimum absolute atomic E-state index is 0.192. The molecule has 132 valence electrons. The molecule has 2 aromatic rings. The first-order valence-corrected chi connectivity index (χ1v) is 8.48. The number of nitrogens with one attached hydrogen (secondary N) is 1. The van der Waals surface area contributed by atoms with Gasteiger partial charge in [-0.3, -0.25) is 0 Å². The third kappa shape index (κ3) is 3.91. The molecule has 1 aliphatic heterocycles. The fraction of sp³-hybridized carbons (Fsp3) is 0.368. The predicted molar refractivity (Wildman–Crippen MR) is 99.2 cm³/mol. The van der Waals surface area contributed by atoms with Crippen molar-refractivity contribution in [3.63, 3.8) is 0 Å². The zero-order chi connectivity index (χ0) is 17.6. The molecular formula is C19H24N4O2. The van der Waals surface area contributed by atoms with Crippen molar-refractivity contribution in [3.8, 4) is 5.75 Å². The Bertz CT molecular complexity index is 788. The van der Waals surface area contributed by atoms with Crippen LogP contribution in [0.3, 0.4) is 0 Å². The highest BCUT2D eigenvalue weighted by Crippen LogP contribution is 2.30. The molecular weight excluding hydrogens is 316 g/mol. The summed E-state index contributed by atoms with van der Waals surface area (Å²) < 4.78 is 13.4. The van der Waals surface area contributed by atoms with E-state index < -0.39 is 0 Å². The summed E-state index contributed by atoms with van der Waals surface area (Å²) in [5.41, 5.74) is 2.99. The average Bonchev–Trinajstić information content (AvgIpc) is 2.96. The summed E-state index contributed by atoms with van der Waals surface area (Å²) in [6.07, 6.45) is 10.9. The average molecular weight is 340 g/mol. The Labute approximate surface area is 147 Å². The van der Waals surface area contributed by atoms with Crippen LogP contribution < -0.4 is 10.1 Å². The summed E-state index contributed by atoms with van der Waals surface area (Å²) in [4.78, 5) is 4.39. The summed E-state index contributed by atoms with van der Waals surface area (Å²) in [6.45, 7) is 11.7. The van der Waals surface area contributed by atoms with E-state index in [1.165, 1.54) is 6.33 Å². The molecule has 6 nitrogen and oxygen atoms in total. The molecule has 0 saturated carbocycles. The second-order valence-corrected chi connectivity index (χ2v) is 5.98. The number of hydrogen-bond acceptors (Lipinski definition) is 5. The quantitative estimate of drug-likeness (QED) is 0.784. The van der Waals surface area contributed by atoms with Gasteiger partial charge in [-0.2, -0.15) is 5.10 Å². The van der Waals surface area contributed by atoms with Gasteiger partial charge in [0.25, 0.3) is 0 Å². The monoisotopic (exact) mass is 340 g/mol. The number of hydrogen-bond donors (Lipinski definition) is 1. The largest absolute Gasteiger partial charge is 0.488 e. The van der Waals surface area contributed by atoms with Gasteiger partial charge in [0.2, 0.25) is 0 Å². The highest BCUT2D eigenvalue weighted by Gasteiger charge is 2.19. The number of aryl methyl sites for hydroxylation is 1. The maximum absolute atomic E-state index is 6.17. The second-order valence-electron chi connectivity index (χ2n) is 5.98. The molecule has 0 unspecified atom stereocenters. The molecule has 0 radical (unpaired) electrons. The van der Waals surface area contributed by atoms with Gasteiger partial charge in [0, 0.05) is 24.9 Å². The molecule has 0 bridgehead atoms. The van der Waals surface area contributed by atoms with Crippen molar-refractivity contribution in [2.75, 3.05) is 25.1 Å². The van der Waals surface area contributed by atoms with Crippen molar-refractivity contribution in [1.82, 2.24) is 14.6 Å². The molecule has 0 aliphatic carbocycles. The molecule has 3 rings (SSSR count). The summed E-state index contributed by atoms with van der Waals surface area (Å²) >= 11 is 0. The van der Waals surface area contributed by atoms with Gasteiger partial charge in [-0.1, -0.05) is 31.4 Å². The van der Waals surface area contributed by atoms with Gasteiger partial charge in [0.15, 0.2) is 5.82 Å². The van der Waals surface area contributed by atoms with Crippen molar-refractivity contribution < 1.29 is 9.47 Å². The summed E-state index contributed by atoms with van der Waals surface area (Å²) in [5, 5.41) is 7.66. The van der Waals surface area contributed by atoms with E-state index in [0.717, 1.165) is 54.3 Å². The lowest BCUT2D eigenvalue weighted by Crippen LogP contribution is -2.25. The highest BCUT2D eigenvalue weighted by atomic mass is 16.5. The van der Waals surface area contributed by atoms with Crippen LogP contribution in [0.4, 0.5) is 5.82 Å². The van der Waals surface area contributed by atoms with E-state index in [4.69, 9.17) is 9.47 Å². The first-order valence-electron chi connectivity index (χ1n) is 8.48. The third-order valence-electron chi connectivity index (χ3n) is 4.30. The Morgan fingerprint density at radius 3 is 2.96 bits per heavy atom. The van der Waals surface area contributed by atoms with Gasteiger partial charge < -0.3 is 14.8 Å². The molecule has 0 atom stereocenters. The Morgan fingerprint density at radius 2 is 2.24 bits per heavy atom. The van der Waals surface area contributed by atoms with Crippen molar-refractivity contribution in [2.45, 2.75) is 25.9 Å².